The van der Waals surface area contributed by atoms with Gasteiger partial charge in [0.15, 0.2) is 0 Å². The number of halogens is 1. The lowest BCUT2D eigenvalue weighted by atomic mass is 9.86. The molecule has 2 saturated heterocycles. The zero-order valence-corrected chi connectivity index (χ0v) is 12.0. The maximum Gasteiger partial charge on any atom is 0.331 e. The molecule has 1 N–H and O–H groups in total. The van der Waals surface area contributed by atoms with Gasteiger partial charge in [-0.25, -0.2) is 4.79 Å². The predicted molar refractivity (Wildman–Crippen MR) is 77.0 cm³/mol. The SMILES string of the molecule is CN1C(=O)N(c2ccncc2)C2(CCNCC2)C1=O.Cl. The van der Waals surface area contributed by atoms with Crippen molar-refractivity contribution < 1.29 is 9.59 Å². The topological polar surface area (TPSA) is 65.5 Å². The van der Waals surface area contributed by atoms with Crippen molar-refractivity contribution in [2.75, 3.05) is 25.0 Å². The number of carbonyl (C=O) groups is 2. The predicted octanol–water partition coefficient (Wildman–Crippen LogP) is 1.02. The molecular formula is C13H17ClN4O2. The number of rotatable bonds is 1. The van der Waals surface area contributed by atoms with Crippen LogP contribution in [0.4, 0.5) is 10.5 Å². The molecule has 2 aliphatic rings. The Labute approximate surface area is 123 Å². The van der Waals surface area contributed by atoms with E-state index in [9.17, 15) is 9.59 Å². The lowest BCUT2D eigenvalue weighted by Crippen LogP contribution is -2.56. The molecule has 3 rings (SSSR count). The molecule has 1 aromatic heterocycles. The molecule has 0 atom stereocenters. The minimum Gasteiger partial charge on any atom is -0.317 e. The number of hydrogen-bond acceptors (Lipinski definition) is 4. The zero-order chi connectivity index (χ0) is 13.5. The fourth-order valence-corrected chi connectivity index (χ4v) is 2.96. The average Bonchev–Trinajstić information content (AvgIpc) is 2.63. The fraction of sp³-hybridized carbons (Fsp3) is 0.462. The molecule has 0 radical (unpaired) electrons. The number of anilines is 1. The molecule has 3 amide bonds. The summed E-state index contributed by atoms with van der Waals surface area (Å²) in [5.74, 6) is -0.101. The first-order valence-electron chi connectivity index (χ1n) is 6.40. The zero-order valence-electron chi connectivity index (χ0n) is 11.2. The molecule has 108 valence electrons. The van der Waals surface area contributed by atoms with Crippen LogP contribution in [0.2, 0.25) is 0 Å². The number of imide groups is 1. The van der Waals surface area contributed by atoms with Crippen molar-refractivity contribution in [3.05, 3.63) is 24.5 Å². The highest BCUT2D eigenvalue weighted by Crippen LogP contribution is 2.38. The Morgan fingerprint density at radius 2 is 1.80 bits per heavy atom. The lowest BCUT2D eigenvalue weighted by molar-refractivity contribution is -0.130. The van der Waals surface area contributed by atoms with Crippen LogP contribution in [0.3, 0.4) is 0 Å². The van der Waals surface area contributed by atoms with E-state index >= 15 is 0 Å². The van der Waals surface area contributed by atoms with Gasteiger partial charge in [0.1, 0.15) is 5.54 Å². The van der Waals surface area contributed by atoms with Gasteiger partial charge in [-0.05, 0) is 38.1 Å². The number of nitrogens with zero attached hydrogens (tertiary/aromatic N) is 3. The average molecular weight is 297 g/mol. The van der Waals surface area contributed by atoms with Crippen LogP contribution >= 0.6 is 12.4 Å². The summed E-state index contributed by atoms with van der Waals surface area (Å²) in [5, 5.41) is 3.24. The number of hydrogen-bond donors (Lipinski definition) is 1. The summed E-state index contributed by atoms with van der Waals surface area (Å²) in [7, 11) is 1.55. The highest BCUT2D eigenvalue weighted by molar-refractivity contribution is 6.16. The minimum atomic E-state index is -0.724. The molecular weight excluding hydrogens is 280 g/mol. The monoisotopic (exact) mass is 296 g/mol. The molecule has 0 unspecified atom stereocenters. The van der Waals surface area contributed by atoms with Gasteiger partial charge in [0, 0.05) is 25.1 Å². The number of amides is 3. The van der Waals surface area contributed by atoms with Crippen molar-refractivity contribution in [1.29, 1.82) is 0 Å². The number of pyridine rings is 1. The van der Waals surface area contributed by atoms with E-state index in [4.69, 9.17) is 0 Å². The minimum absolute atomic E-state index is 0. The van der Waals surface area contributed by atoms with Gasteiger partial charge in [-0.2, -0.15) is 0 Å². The van der Waals surface area contributed by atoms with Crippen molar-refractivity contribution >= 4 is 30.0 Å². The third kappa shape index (κ3) is 1.96. The summed E-state index contributed by atoms with van der Waals surface area (Å²) in [6.07, 6.45) is 4.56. The van der Waals surface area contributed by atoms with E-state index in [0.717, 1.165) is 18.8 Å². The van der Waals surface area contributed by atoms with Crippen LogP contribution in [0.25, 0.3) is 0 Å². The van der Waals surface area contributed by atoms with E-state index in [0.29, 0.717) is 12.8 Å². The van der Waals surface area contributed by atoms with Crippen LogP contribution in [-0.4, -0.2) is 47.5 Å². The smallest absolute Gasteiger partial charge is 0.317 e. The lowest BCUT2D eigenvalue weighted by Gasteiger charge is -2.38. The van der Waals surface area contributed by atoms with Gasteiger partial charge in [0.05, 0.1) is 0 Å². The van der Waals surface area contributed by atoms with Crippen LogP contribution in [0.5, 0.6) is 0 Å². The van der Waals surface area contributed by atoms with E-state index < -0.39 is 5.54 Å². The Hall–Kier alpha value is -1.66. The summed E-state index contributed by atoms with van der Waals surface area (Å²) in [5.41, 5.74) is 0.0120. The number of likely N-dealkylation sites (N-methyl/N-ethyl adjacent to an activating group) is 1. The van der Waals surface area contributed by atoms with Crippen LogP contribution < -0.4 is 10.2 Å². The molecule has 3 heterocycles. The Morgan fingerprint density at radius 1 is 1.20 bits per heavy atom. The molecule has 20 heavy (non-hydrogen) atoms. The second-order valence-corrected chi connectivity index (χ2v) is 4.97. The Balaban J connectivity index is 0.00000147. The summed E-state index contributed by atoms with van der Waals surface area (Å²) < 4.78 is 0. The number of nitrogens with one attached hydrogen (secondary N) is 1. The molecule has 1 aromatic rings. The Bertz CT molecular complexity index is 516. The van der Waals surface area contributed by atoms with Crippen molar-refractivity contribution in [2.45, 2.75) is 18.4 Å². The summed E-state index contributed by atoms with van der Waals surface area (Å²) in [6, 6.07) is 3.29. The molecule has 0 aromatic carbocycles. The third-order valence-electron chi connectivity index (χ3n) is 3.96. The molecule has 7 heteroatoms. The van der Waals surface area contributed by atoms with Gasteiger partial charge < -0.3 is 5.32 Å². The number of carbonyl (C=O) groups excluding carboxylic acids is 2. The molecule has 0 saturated carbocycles. The summed E-state index contributed by atoms with van der Waals surface area (Å²) in [6.45, 7) is 1.49. The number of aromatic nitrogens is 1. The molecule has 6 nitrogen and oxygen atoms in total. The first-order valence-corrected chi connectivity index (χ1v) is 6.40. The molecule has 0 bridgehead atoms. The Kier molecular flexibility index (Phi) is 3.96. The van der Waals surface area contributed by atoms with Crippen LogP contribution in [0, 0.1) is 0 Å². The normalized spacial score (nSPS) is 21.2. The van der Waals surface area contributed by atoms with E-state index in [1.165, 1.54) is 4.90 Å². The maximum absolute atomic E-state index is 12.5. The second kappa shape index (κ2) is 5.38. The molecule has 0 aliphatic carbocycles. The summed E-state index contributed by atoms with van der Waals surface area (Å²) >= 11 is 0. The highest BCUT2D eigenvalue weighted by Gasteiger charge is 2.56. The first-order chi connectivity index (χ1) is 9.17. The van der Waals surface area contributed by atoms with Crippen LogP contribution in [0.1, 0.15) is 12.8 Å². The van der Waals surface area contributed by atoms with Crippen molar-refractivity contribution in [1.82, 2.24) is 15.2 Å². The van der Waals surface area contributed by atoms with Gasteiger partial charge in [-0.1, -0.05) is 0 Å². The van der Waals surface area contributed by atoms with E-state index in [1.807, 2.05) is 0 Å². The first kappa shape index (κ1) is 14.7. The largest absolute Gasteiger partial charge is 0.331 e. The van der Waals surface area contributed by atoms with Gasteiger partial charge in [-0.15, -0.1) is 12.4 Å². The molecule has 1 spiro atoms. The van der Waals surface area contributed by atoms with E-state index in [2.05, 4.69) is 10.3 Å². The fourth-order valence-electron chi connectivity index (χ4n) is 2.96. The van der Waals surface area contributed by atoms with Gasteiger partial charge in [-0.3, -0.25) is 19.6 Å². The van der Waals surface area contributed by atoms with Gasteiger partial charge in [0.25, 0.3) is 5.91 Å². The Morgan fingerprint density at radius 3 is 2.40 bits per heavy atom. The number of urea groups is 1. The van der Waals surface area contributed by atoms with Crippen molar-refractivity contribution in [3.8, 4) is 0 Å². The van der Waals surface area contributed by atoms with Crippen LogP contribution in [-0.2, 0) is 4.79 Å². The molecule has 2 fully saturated rings. The second-order valence-electron chi connectivity index (χ2n) is 4.97. The van der Waals surface area contributed by atoms with Gasteiger partial charge in [0.2, 0.25) is 0 Å². The van der Waals surface area contributed by atoms with Gasteiger partial charge >= 0.3 is 6.03 Å². The summed E-state index contributed by atoms with van der Waals surface area (Å²) in [4.78, 5) is 31.7. The quantitative estimate of drug-likeness (QED) is 0.786. The standard InChI is InChI=1S/C13H16N4O2.ClH/c1-16-11(18)13(4-8-15-9-5-13)17(12(16)19)10-2-6-14-7-3-10;/h2-3,6-7,15H,4-5,8-9H2,1H3;1H. The number of piperidine rings is 1. The third-order valence-corrected chi connectivity index (χ3v) is 3.96. The van der Waals surface area contributed by atoms with Crippen LogP contribution in [0.15, 0.2) is 24.5 Å². The van der Waals surface area contributed by atoms with E-state index in [-0.39, 0.29) is 24.3 Å². The maximum atomic E-state index is 12.5. The molecule has 2 aliphatic heterocycles. The highest BCUT2D eigenvalue weighted by atomic mass is 35.5. The van der Waals surface area contributed by atoms with Crippen molar-refractivity contribution in [2.24, 2.45) is 0 Å². The van der Waals surface area contributed by atoms with E-state index in [1.54, 1.807) is 36.5 Å². The van der Waals surface area contributed by atoms with Crippen molar-refractivity contribution in [3.63, 3.8) is 0 Å².